The average Bonchev–Trinajstić information content (AvgIpc) is 2.51. The third-order valence-corrected chi connectivity index (χ3v) is 4.33. The number of carbonyl (C=O) groups is 1. The molecule has 0 aromatic carbocycles. The van der Waals surface area contributed by atoms with Crippen LogP contribution >= 0.6 is 11.8 Å². The summed E-state index contributed by atoms with van der Waals surface area (Å²) in [5, 5.41) is 3.34. The second-order valence-corrected chi connectivity index (χ2v) is 6.28. The zero-order valence-electron chi connectivity index (χ0n) is 13.2. The molecular formula is C16H26N2O2S. The lowest BCUT2D eigenvalue weighted by Gasteiger charge is -2.28. The van der Waals surface area contributed by atoms with Crippen molar-refractivity contribution in [3.8, 4) is 0 Å². The van der Waals surface area contributed by atoms with E-state index in [4.69, 9.17) is 4.74 Å². The number of nitrogens with zero attached hydrogens (tertiary/aromatic N) is 1. The van der Waals surface area contributed by atoms with Crippen LogP contribution in [-0.4, -0.2) is 35.4 Å². The van der Waals surface area contributed by atoms with Gasteiger partial charge in [-0.3, -0.25) is 9.78 Å². The summed E-state index contributed by atoms with van der Waals surface area (Å²) < 4.78 is 5.20. The summed E-state index contributed by atoms with van der Waals surface area (Å²) in [5.74, 6) is 0.833. The normalized spacial score (nSPS) is 13.7. The lowest BCUT2D eigenvalue weighted by Crippen LogP contribution is -2.50. The van der Waals surface area contributed by atoms with E-state index in [2.05, 4.69) is 17.2 Å². The number of carbonyl (C=O) groups excluding carboxylic acids is 1. The third kappa shape index (κ3) is 6.48. The number of hydrogen-bond donors (Lipinski definition) is 1. The van der Waals surface area contributed by atoms with Crippen LogP contribution in [0.2, 0.25) is 0 Å². The average molecular weight is 310 g/mol. The van der Waals surface area contributed by atoms with Gasteiger partial charge in [-0.15, -0.1) is 11.8 Å². The summed E-state index contributed by atoms with van der Waals surface area (Å²) in [6.45, 7) is 7.13. The largest absolute Gasteiger partial charge is 0.465 e. The Labute approximate surface area is 132 Å². The van der Waals surface area contributed by atoms with Crippen molar-refractivity contribution in [1.29, 1.82) is 0 Å². The molecule has 1 aromatic rings. The van der Waals surface area contributed by atoms with Crippen molar-refractivity contribution >= 4 is 17.7 Å². The van der Waals surface area contributed by atoms with Gasteiger partial charge >= 0.3 is 5.97 Å². The molecular weight excluding hydrogens is 284 g/mol. The van der Waals surface area contributed by atoms with Crippen molar-refractivity contribution < 1.29 is 9.53 Å². The monoisotopic (exact) mass is 310 g/mol. The van der Waals surface area contributed by atoms with E-state index < -0.39 is 5.54 Å². The SMILES string of the molecule is CCCNC(C)(CCCSc1ccncc1)C(=O)OCC. The van der Waals surface area contributed by atoms with Crippen LogP contribution in [0, 0.1) is 0 Å². The van der Waals surface area contributed by atoms with Crippen molar-refractivity contribution in [1.82, 2.24) is 10.3 Å². The highest BCUT2D eigenvalue weighted by atomic mass is 32.2. The van der Waals surface area contributed by atoms with Crippen LogP contribution in [0.25, 0.3) is 0 Å². The Morgan fingerprint density at radius 3 is 2.71 bits per heavy atom. The summed E-state index contributed by atoms with van der Waals surface area (Å²) in [4.78, 5) is 17.4. The lowest BCUT2D eigenvalue weighted by atomic mass is 9.96. The van der Waals surface area contributed by atoms with Crippen LogP contribution in [0.15, 0.2) is 29.4 Å². The molecule has 1 atom stereocenters. The van der Waals surface area contributed by atoms with Gasteiger partial charge in [-0.05, 0) is 57.5 Å². The molecule has 0 aliphatic carbocycles. The summed E-state index contributed by atoms with van der Waals surface area (Å²) in [5.41, 5.74) is -0.579. The Balaban J connectivity index is 2.43. The van der Waals surface area contributed by atoms with E-state index in [0.717, 1.165) is 31.6 Å². The van der Waals surface area contributed by atoms with E-state index in [9.17, 15) is 4.79 Å². The van der Waals surface area contributed by atoms with Gasteiger partial charge in [0.15, 0.2) is 0 Å². The molecule has 0 saturated heterocycles. The standard InChI is InChI=1S/C16H26N2O2S/c1-4-10-18-16(3,15(19)20-5-2)9-6-13-21-14-7-11-17-12-8-14/h7-8,11-12,18H,4-6,9-10,13H2,1-3H3. The molecule has 0 bridgehead atoms. The number of pyridine rings is 1. The van der Waals surface area contributed by atoms with Gasteiger partial charge in [0.1, 0.15) is 5.54 Å². The fourth-order valence-corrected chi connectivity index (χ4v) is 2.84. The maximum absolute atomic E-state index is 12.1. The minimum Gasteiger partial charge on any atom is -0.465 e. The maximum Gasteiger partial charge on any atom is 0.326 e. The highest BCUT2D eigenvalue weighted by Crippen LogP contribution is 2.21. The smallest absolute Gasteiger partial charge is 0.326 e. The first-order valence-electron chi connectivity index (χ1n) is 7.57. The summed E-state index contributed by atoms with van der Waals surface area (Å²) in [6.07, 6.45) is 6.34. The van der Waals surface area contributed by atoms with Crippen LogP contribution in [0.1, 0.15) is 40.0 Å². The van der Waals surface area contributed by atoms with Crippen molar-refractivity contribution in [3.63, 3.8) is 0 Å². The van der Waals surface area contributed by atoms with E-state index >= 15 is 0 Å². The molecule has 0 saturated carbocycles. The number of aromatic nitrogens is 1. The molecule has 1 rings (SSSR count). The van der Waals surface area contributed by atoms with Crippen LogP contribution in [0.3, 0.4) is 0 Å². The lowest BCUT2D eigenvalue weighted by molar-refractivity contribution is -0.150. The molecule has 0 aliphatic rings. The van der Waals surface area contributed by atoms with Crippen LogP contribution in [-0.2, 0) is 9.53 Å². The number of hydrogen-bond acceptors (Lipinski definition) is 5. The summed E-state index contributed by atoms with van der Waals surface area (Å²) in [7, 11) is 0. The minimum atomic E-state index is -0.579. The Kier molecular flexibility index (Phi) is 8.38. The fourth-order valence-electron chi connectivity index (χ4n) is 2.00. The molecule has 5 heteroatoms. The topological polar surface area (TPSA) is 51.2 Å². The Morgan fingerprint density at radius 1 is 1.38 bits per heavy atom. The van der Waals surface area contributed by atoms with Gasteiger partial charge in [0.25, 0.3) is 0 Å². The van der Waals surface area contributed by atoms with Crippen LogP contribution in [0.4, 0.5) is 0 Å². The molecule has 118 valence electrons. The number of rotatable bonds is 10. The molecule has 1 unspecified atom stereocenters. The molecule has 21 heavy (non-hydrogen) atoms. The molecule has 0 spiro atoms. The van der Waals surface area contributed by atoms with Crippen molar-refractivity contribution in [2.45, 2.75) is 50.5 Å². The predicted molar refractivity (Wildman–Crippen MR) is 87.5 cm³/mol. The van der Waals surface area contributed by atoms with Crippen LogP contribution in [0.5, 0.6) is 0 Å². The predicted octanol–water partition coefficient (Wildman–Crippen LogP) is 3.28. The number of thioether (sulfide) groups is 1. The van der Waals surface area contributed by atoms with Gasteiger partial charge in [0, 0.05) is 17.3 Å². The van der Waals surface area contributed by atoms with E-state index in [1.807, 2.05) is 26.0 Å². The van der Waals surface area contributed by atoms with Gasteiger partial charge in [0.05, 0.1) is 6.61 Å². The first-order valence-corrected chi connectivity index (χ1v) is 8.56. The summed E-state index contributed by atoms with van der Waals surface area (Å²) in [6, 6.07) is 4.01. The first-order chi connectivity index (χ1) is 10.1. The van der Waals surface area contributed by atoms with Crippen molar-refractivity contribution in [3.05, 3.63) is 24.5 Å². The minimum absolute atomic E-state index is 0.146. The molecule has 1 aromatic heterocycles. The molecule has 4 nitrogen and oxygen atoms in total. The molecule has 0 fully saturated rings. The van der Waals surface area contributed by atoms with Gasteiger partial charge in [-0.2, -0.15) is 0 Å². The van der Waals surface area contributed by atoms with Gasteiger partial charge in [-0.1, -0.05) is 6.92 Å². The van der Waals surface area contributed by atoms with Crippen molar-refractivity contribution in [2.75, 3.05) is 18.9 Å². The number of esters is 1. The zero-order chi connectivity index (χ0) is 15.6. The quantitative estimate of drug-likeness (QED) is 0.408. The molecule has 0 aliphatic heterocycles. The molecule has 0 radical (unpaired) electrons. The van der Waals surface area contributed by atoms with E-state index in [-0.39, 0.29) is 5.97 Å². The summed E-state index contributed by atoms with van der Waals surface area (Å²) >= 11 is 1.79. The van der Waals surface area contributed by atoms with E-state index in [1.54, 1.807) is 24.2 Å². The van der Waals surface area contributed by atoms with E-state index in [0.29, 0.717) is 6.61 Å². The molecule has 1 heterocycles. The van der Waals surface area contributed by atoms with Gasteiger partial charge in [0.2, 0.25) is 0 Å². The second-order valence-electron chi connectivity index (χ2n) is 5.11. The number of nitrogens with one attached hydrogen (secondary N) is 1. The second kappa shape index (κ2) is 9.79. The van der Waals surface area contributed by atoms with Gasteiger partial charge < -0.3 is 10.1 Å². The highest BCUT2D eigenvalue weighted by molar-refractivity contribution is 7.99. The third-order valence-electron chi connectivity index (χ3n) is 3.23. The fraction of sp³-hybridized carbons (Fsp3) is 0.625. The first kappa shape index (κ1) is 18.0. The Hall–Kier alpha value is -1.07. The molecule has 1 N–H and O–H groups in total. The number of ether oxygens (including phenoxy) is 1. The zero-order valence-corrected chi connectivity index (χ0v) is 14.0. The Morgan fingerprint density at radius 2 is 2.10 bits per heavy atom. The Bertz CT molecular complexity index is 414. The maximum atomic E-state index is 12.1. The molecule has 0 amide bonds. The van der Waals surface area contributed by atoms with Crippen molar-refractivity contribution in [2.24, 2.45) is 0 Å². The van der Waals surface area contributed by atoms with E-state index in [1.165, 1.54) is 4.90 Å². The highest BCUT2D eigenvalue weighted by Gasteiger charge is 2.33. The van der Waals surface area contributed by atoms with Gasteiger partial charge in [-0.25, -0.2) is 0 Å². The van der Waals surface area contributed by atoms with Crippen LogP contribution < -0.4 is 5.32 Å².